The van der Waals surface area contributed by atoms with Crippen molar-refractivity contribution in [2.24, 2.45) is 0 Å². The summed E-state index contributed by atoms with van der Waals surface area (Å²) < 4.78 is 1.40. The van der Waals surface area contributed by atoms with Crippen molar-refractivity contribution in [3.05, 3.63) is 46.6 Å². The molecule has 0 amide bonds. The van der Waals surface area contributed by atoms with Crippen molar-refractivity contribution >= 4 is 27.6 Å². The normalized spacial score (nSPS) is 14.9. The van der Waals surface area contributed by atoms with E-state index in [-0.39, 0.29) is 5.56 Å². The van der Waals surface area contributed by atoms with Gasteiger partial charge in [0, 0.05) is 31.5 Å². The van der Waals surface area contributed by atoms with Gasteiger partial charge in [-0.25, -0.2) is 9.66 Å². The van der Waals surface area contributed by atoms with E-state index in [2.05, 4.69) is 41.5 Å². The third-order valence-corrected chi connectivity index (χ3v) is 3.98. The van der Waals surface area contributed by atoms with Crippen molar-refractivity contribution in [1.82, 2.24) is 20.0 Å². The van der Waals surface area contributed by atoms with Crippen molar-refractivity contribution in [2.45, 2.75) is 5.33 Å². The highest BCUT2D eigenvalue weighted by Gasteiger charge is 2.12. The summed E-state index contributed by atoms with van der Waals surface area (Å²) in [5.41, 5.74) is 3.56. The van der Waals surface area contributed by atoms with Crippen LogP contribution in [0.3, 0.4) is 0 Å². The topological polar surface area (TPSA) is 75.1 Å². The van der Waals surface area contributed by atoms with Gasteiger partial charge in [-0.05, 0) is 12.1 Å². The van der Waals surface area contributed by atoms with Gasteiger partial charge in [0.05, 0.1) is 18.1 Å². The van der Waals surface area contributed by atoms with Crippen molar-refractivity contribution in [3.63, 3.8) is 0 Å². The first kappa shape index (κ1) is 15.0. The number of nitrogens with one attached hydrogen (secondary N) is 2. The van der Waals surface area contributed by atoms with Gasteiger partial charge >= 0.3 is 0 Å². The van der Waals surface area contributed by atoms with Gasteiger partial charge in [0.2, 0.25) is 0 Å². The molecule has 7 nitrogen and oxygen atoms in total. The zero-order valence-corrected chi connectivity index (χ0v) is 13.6. The van der Waals surface area contributed by atoms with E-state index < -0.39 is 0 Å². The lowest BCUT2D eigenvalue weighted by Gasteiger charge is -2.28. The summed E-state index contributed by atoms with van der Waals surface area (Å²) in [7, 11) is 0. The molecule has 0 unspecified atom stereocenters. The Morgan fingerprint density at radius 2 is 2.14 bits per heavy atom. The van der Waals surface area contributed by atoms with Crippen LogP contribution >= 0.6 is 15.9 Å². The molecular weight excluding hydrogens is 348 g/mol. The first-order valence-electron chi connectivity index (χ1n) is 7.09. The molecule has 2 aromatic rings. The van der Waals surface area contributed by atoms with Crippen LogP contribution in [0.2, 0.25) is 0 Å². The molecule has 0 aromatic carbocycles. The van der Waals surface area contributed by atoms with Crippen molar-refractivity contribution in [2.75, 3.05) is 36.5 Å². The monoisotopic (exact) mass is 364 g/mol. The third kappa shape index (κ3) is 3.45. The van der Waals surface area contributed by atoms with Crippen molar-refractivity contribution in [1.29, 1.82) is 0 Å². The molecule has 1 saturated heterocycles. The number of piperazine rings is 1. The van der Waals surface area contributed by atoms with Crippen LogP contribution in [-0.4, -0.2) is 40.8 Å². The molecule has 0 saturated carbocycles. The van der Waals surface area contributed by atoms with E-state index >= 15 is 0 Å². The fourth-order valence-electron chi connectivity index (χ4n) is 2.28. The van der Waals surface area contributed by atoms with Crippen LogP contribution in [0.25, 0.3) is 0 Å². The smallest absolute Gasteiger partial charge is 0.287 e. The highest BCUT2D eigenvalue weighted by Crippen LogP contribution is 2.14. The second-order valence-corrected chi connectivity index (χ2v) is 5.51. The predicted octanol–water partition coefficient (Wildman–Crippen LogP) is 0.818. The predicted molar refractivity (Wildman–Crippen MR) is 89.5 cm³/mol. The second-order valence-electron chi connectivity index (χ2n) is 4.95. The Morgan fingerprint density at radius 3 is 2.91 bits per heavy atom. The van der Waals surface area contributed by atoms with Crippen LogP contribution in [0, 0.1) is 0 Å². The Morgan fingerprint density at radius 1 is 1.32 bits per heavy atom. The largest absolute Gasteiger partial charge is 0.354 e. The number of alkyl halides is 1. The second kappa shape index (κ2) is 6.89. The molecule has 0 aliphatic carbocycles. The molecule has 116 valence electrons. The van der Waals surface area contributed by atoms with E-state index in [1.165, 1.54) is 10.9 Å². The number of pyridine rings is 1. The maximum Gasteiger partial charge on any atom is 0.287 e. The fraction of sp³-hybridized carbons (Fsp3) is 0.357. The quantitative estimate of drug-likeness (QED) is 0.782. The molecule has 1 aliphatic rings. The molecule has 0 radical (unpaired) electrons. The lowest BCUT2D eigenvalue weighted by molar-refractivity contribution is 0.585. The summed E-state index contributed by atoms with van der Waals surface area (Å²) in [6, 6.07) is 5.76. The molecule has 2 aromatic heterocycles. The zero-order chi connectivity index (χ0) is 15.4. The Labute approximate surface area is 136 Å². The van der Waals surface area contributed by atoms with Crippen LogP contribution < -0.4 is 21.2 Å². The van der Waals surface area contributed by atoms with Gasteiger partial charge in [-0.15, -0.1) is 0 Å². The van der Waals surface area contributed by atoms with Crippen LogP contribution in [0.1, 0.15) is 5.69 Å². The number of hydrogen-bond acceptors (Lipinski definition) is 6. The molecular formula is C14H17BrN6O. The van der Waals surface area contributed by atoms with Gasteiger partial charge in [0.1, 0.15) is 11.6 Å². The molecule has 0 bridgehead atoms. The summed E-state index contributed by atoms with van der Waals surface area (Å²) in [5, 5.41) is 3.90. The van der Waals surface area contributed by atoms with E-state index in [1.54, 1.807) is 6.20 Å². The highest BCUT2D eigenvalue weighted by molar-refractivity contribution is 9.08. The molecule has 3 rings (SSSR count). The molecule has 0 spiro atoms. The Balaban J connectivity index is 1.82. The summed E-state index contributed by atoms with van der Waals surface area (Å²) in [4.78, 5) is 22.7. The third-order valence-electron chi connectivity index (χ3n) is 3.40. The molecule has 1 fully saturated rings. The van der Waals surface area contributed by atoms with Crippen LogP contribution in [-0.2, 0) is 5.33 Å². The van der Waals surface area contributed by atoms with E-state index in [0.717, 1.165) is 37.7 Å². The Bertz CT molecular complexity index is 698. The lowest BCUT2D eigenvalue weighted by atomic mass is 10.3. The summed E-state index contributed by atoms with van der Waals surface area (Å²) in [6.07, 6.45) is 2.96. The Hall–Kier alpha value is -1.93. The molecule has 3 heterocycles. The maximum absolute atomic E-state index is 11.9. The average molecular weight is 365 g/mol. The van der Waals surface area contributed by atoms with E-state index in [9.17, 15) is 4.79 Å². The first-order valence-corrected chi connectivity index (χ1v) is 8.22. The number of rotatable bonds is 4. The van der Waals surface area contributed by atoms with Gasteiger partial charge in [-0.2, -0.15) is 0 Å². The molecule has 1 aliphatic heterocycles. The number of halogens is 1. The highest BCUT2D eigenvalue weighted by atomic mass is 79.9. The van der Waals surface area contributed by atoms with Crippen LogP contribution in [0.5, 0.6) is 0 Å². The number of aromatic nitrogens is 3. The molecule has 0 atom stereocenters. The maximum atomic E-state index is 11.9. The minimum Gasteiger partial charge on any atom is -0.354 e. The van der Waals surface area contributed by atoms with Gasteiger partial charge in [-0.3, -0.25) is 15.2 Å². The van der Waals surface area contributed by atoms with Gasteiger partial charge in [0.15, 0.2) is 0 Å². The number of hydrogen-bond donors (Lipinski definition) is 2. The lowest BCUT2D eigenvalue weighted by Crippen LogP contribution is -2.43. The van der Waals surface area contributed by atoms with Gasteiger partial charge in [-0.1, -0.05) is 22.0 Å². The minimum atomic E-state index is -0.223. The molecule has 22 heavy (non-hydrogen) atoms. The van der Waals surface area contributed by atoms with Crippen molar-refractivity contribution in [3.8, 4) is 0 Å². The standard InChI is InChI=1S/C14H17BrN6O/c15-8-11-10-21(14(22)9-17-11)19-12-2-1-3-13(18-12)20-6-4-16-5-7-20/h1-3,9-10,16H,4-8H2,(H,18,19). The summed E-state index contributed by atoms with van der Waals surface area (Å²) in [6.45, 7) is 3.77. The minimum absolute atomic E-state index is 0.223. The van der Waals surface area contributed by atoms with Crippen LogP contribution in [0.4, 0.5) is 11.6 Å². The SMILES string of the molecule is O=c1cnc(CBr)cn1Nc1cccc(N2CCNCC2)n1. The number of anilines is 2. The summed E-state index contributed by atoms with van der Waals surface area (Å²) >= 11 is 3.33. The zero-order valence-electron chi connectivity index (χ0n) is 12.0. The number of nitrogens with zero attached hydrogens (tertiary/aromatic N) is 4. The fourth-order valence-corrected chi connectivity index (χ4v) is 2.57. The summed E-state index contributed by atoms with van der Waals surface area (Å²) in [5.74, 6) is 1.54. The van der Waals surface area contributed by atoms with Crippen molar-refractivity contribution < 1.29 is 0 Å². The Kier molecular flexibility index (Phi) is 4.69. The van der Waals surface area contributed by atoms with Crippen LogP contribution in [0.15, 0.2) is 35.4 Å². The molecule has 2 N–H and O–H groups in total. The van der Waals surface area contributed by atoms with Gasteiger partial charge in [0.25, 0.3) is 5.56 Å². The van der Waals surface area contributed by atoms with E-state index in [4.69, 9.17) is 0 Å². The first-order chi connectivity index (χ1) is 10.8. The van der Waals surface area contributed by atoms with E-state index in [1.807, 2.05) is 18.2 Å². The average Bonchev–Trinajstić information content (AvgIpc) is 2.58. The van der Waals surface area contributed by atoms with Gasteiger partial charge < -0.3 is 10.2 Å². The van der Waals surface area contributed by atoms with E-state index in [0.29, 0.717) is 11.1 Å². The molecule has 8 heteroatoms.